The van der Waals surface area contributed by atoms with E-state index in [4.69, 9.17) is 0 Å². The molecule has 0 aromatic carbocycles. The van der Waals surface area contributed by atoms with Gasteiger partial charge in [-0.05, 0) is 26.2 Å². The molecule has 0 aliphatic heterocycles. The molecule has 0 fully saturated rings. The van der Waals surface area contributed by atoms with Gasteiger partial charge in [-0.25, -0.2) is 8.42 Å². The SMILES string of the molecule is CCCCCC(O)CCCCCC(C)S(=O)(=O)[O-].[K+]. The monoisotopic (exact) mass is 318 g/mol. The van der Waals surface area contributed by atoms with Crippen molar-refractivity contribution in [3.63, 3.8) is 0 Å². The van der Waals surface area contributed by atoms with Crippen molar-refractivity contribution in [3.05, 3.63) is 0 Å². The Bertz CT molecular complexity index is 293. The first-order chi connectivity index (χ1) is 8.38. The van der Waals surface area contributed by atoms with E-state index in [9.17, 15) is 18.1 Å². The Balaban J connectivity index is 0. The summed E-state index contributed by atoms with van der Waals surface area (Å²) in [6, 6.07) is 0. The molecule has 0 spiro atoms. The molecule has 2 unspecified atom stereocenters. The van der Waals surface area contributed by atoms with Gasteiger partial charge >= 0.3 is 51.4 Å². The van der Waals surface area contributed by atoms with Crippen molar-refractivity contribution in [3.8, 4) is 0 Å². The maximum absolute atomic E-state index is 10.7. The third-order valence-corrected chi connectivity index (χ3v) is 4.50. The van der Waals surface area contributed by atoms with E-state index in [1.54, 1.807) is 0 Å². The molecule has 110 valence electrons. The first-order valence-corrected chi connectivity index (χ1v) is 8.47. The molecule has 0 saturated carbocycles. The molecule has 2 atom stereocenters. The van der Waals surface area contributed by atoms with Gasteiger partial charge < -0.3 is 9.66 Å². The van der Waals surface area contributed by atoms with Gasteiger partial charge in [0, 0.05) is 5.25 Å². The molecule has 4 nitrogen and oxygen atoms in total. The fourth-order valence-corrected chi connectivity index (χ4v) is 2.36. The molecule has 0 aliphatic carbocycles. The summed E-state index contributed by atoms with van der Waals surface area (Å²) < 4.78 is 32.0. The minimum Gasteiger partial charge on any atom is -0.748 e. The maximum atomic E-state index is 10.7. The summed E-state index contributed by atoms with van der Waals surface area (Å²) in [5, 5.41) is 8.88. The average Bonchev–Trinajstić information content (AvgIpc) is 2.27. The van der Waals surface area contributed by atoms with Crippen LogP contribution in [0.2, 0.25) is 0 Å². The molecule has 0 heterocycles. The molecule has 0 amide bonds. The van der Waals surface area contributed by atoms with Crippen LogP contribution in [-0.2, 0) is 10.1 Å². The van der Waals surface area contributed by atoms with Gasteiger partial charge in [0.2, 0.25) is 0 Å². The van der Waals surface area contributed by atoms with Crippen molar-refractivity contribution in [2.45, 2.75) is 83.0 Å². The number of rotatable bonds is 11. The molecule has 0 aromatic rings. The first kappa shape index (κ1) is 22.8. The molecule has 0 rings (SSSR count). The summed E-state index contributed by atoms with van der Waals surface area (Å²) in [7, 11) is -4.12. The van der Waals surface area contributed by atoms with Crippen LogP contribution in [0.4, 0.5) is 0 Å². The van der Waals surface area contributed by atoms with Gasteiger partial charge in [0.05, 0.1) is 16.2 Å². The fraction of sp³-hybridized carbons (Fsp3) is 1.00. The zero-order chi connectivity index (χ0) is 14.0. The maximum Gasteiger partial charge on any atom is 1.00 e. The molecule has 1 N–H and O–H groups in total. The van der Waals surface area contributed by atoms with Gasteiger partial charge in [-0.1, -0.05) is 45.4 Å². The molecule has 0 bridgehead atoms. The van der Waals surface area contributed by atoms with Crippen LogP contribution in [0, 0.1) is 0 Å². The third-order valence-electron chi connectivity index (χ3n) is 3.28. The van der Waals surface area contributed by atoms with Crippen molar-refractivity contribution >= 4 is 10.1 Å². The van der Waals surface area contributed by atoms with Gasteiger partial charge in [-0.2, -0.15) is 0 Å². The smallest absolute Gasteiger partial charge is 0.748 e. The Kier molecular flexibility index (Phi) is 15.8. The Labute approximate surface area is 160 Å². The van der Waals surface area contributed by atoms with Crippen molar-refractivity contribution in [2.75, 3.05) is 0 Å². The topological polar surface area (TPSA) is 77.4 Å². The number of hydrogen-bond acceptors (Lipinski definition) is 4. The van der Waals surface area contributed by atoms with Crippen molar-refractivity contribution in [2.24, 2.45) is 0 Å². The molecule has 0 aliphatic rings. The molecular weight excluding hydrogens is 291 g/mol. The molecule has 0 aromatic heterocycles. The predicted octanol–water partition coefficient (Wildman–Crippen LogP) is -0.184. The van der Waals surface area contributed by atoms with Crippen LogP contribution in [0.1, 0.15) is 71.6 Å². The van der Waals surface area contributed by atoms with Crippen LogP contribution in [0.5, 0.6) is 0 Å². The Morgan fingerprint density at radius 3 is 1.95 bits per heavy atom. The zero-order valence-corrected chi connectivity index (χ0v) is 16.5. The summed E-state index contributed by atoms with van der Waals surface area (Å²) in [5.41, 5.74) is 0. The predicted molar refractivity (Wildman–Crippen MR) is 72.4 cm³/mol. The first-order valence-electron chi connectivity index (χ1n) is 7.00. The van der Waals surface area contributed by atoms with Gasteiger partial charge in [0.15, 0.2) is 0 Å². The molecular formula is C13H27KO4S. The zero-order valence-electron chi connectivity index (χ0n) is 12.6. The molecule has 6 heteroatoms. The minimum atomic E-state index is -4.12. The summed E-state index contributed by atoms with van der Waals surface area (Å²) in [4.78, 5) is 0. The largest absolute Gasteiger partial charge is 1.00 e. The Hall–Kier alpha value is 1.51. The van der Waals surface area contributed by atoms with E-state index in [2.05, 4.69) is 6.92 Å². The van der Waals surface area contributed by atoms with Crippen LogP contribution < -0.4 is 51.4 Å². The summed E-state index contributed by atoms with van der Waals surface area (Å²) in [6.45, 7) is 3.60. The van der Waals surface area contributed by atoms with Crippen LogP contribution >= 0.6 is 0 Å². The van der Waals surface area contributed by atoms with E-state index in [-0.39, 0.29) is 57.5 Å². The molecule has 0 radical (unpaired) electrons. The minimum absolute atomic E-state index is 0. The standard InChI is InChI=1S/C13H28O4S.K/c1-3-4-6-10-13(14)11-8-5-7-9-12(2)18(15,16)17;/h12-14H,3-11H2,1-2H3,(H,15,16,17);/q;+1/p-1. The van der Waals surface area contributed by atoms with Crippen LogP contribution in [-0.4, -0.2) is 29.4 Å². The van der Waals surface area contributed by atoms with Crippen molar-refractivity contribution in [1.29, 1.82) is 0 Å². The second-order valence-corrected chi connectivity index (χ2v) is 6.88. The second kappa shape index (κ2) is 13.2. The summed E-state index contributed by atoms with van der Waals surface area (Å²) in [6.07, 6.45) is 7.76. The van der Waals surface area contributed by atoms with E-state index in [1.165, 1.54) is 6.92 Å². The van der Waals surface area contributed by atoms with Crippen molar-refractivity contribution in [1.82, 2.24) is 0 Å². The van der Waals surface area contributed by atoms with Crippen molar-refractivity contribution < 1.29 is 69.5 Å². The summed E-state index contributed by atoms with van der Waals surface area (Å²) in [5.74, 6) is 0. The Morgan fingerprint density at radius 2 is 1.47 bits per heavy atom. The normalized spacial score (nSPS) is 14.7. The van der Waals surface area contributed by atoms with E-state index in [0.29, 0.717) is 6.42 Å². The average molecular weight is 319 g/mol. The van der Waals surface area contributed by atoms with Crippen LogP contribution in [0.25, 0.3) is 0 Å². The number of unbranched alkanes of at least 4 members (excludes halogenated alkanes) is 4. The van der Waals surface area contributed by atoms with E-state index < -0.39 is 15.4 Å². The van der Waals surface area contributed by atoms with E-state index >= 15 is 0 Å². The Morgan fingerprint density at radius 1 is 1.00 bits per heavy atom. The quantitative estimate of drug-likeness (QED) is 0.326. The number of aliphatic hydroxyl groups is 1. The third kappa shape index (κ3) is 14.2. The van der Waals surface area contributed by atoms with E-state index in [1.807, 2.05) is 0 Å². The summed E-state index contributed by atoms with van der Waals surface area (Å²) >= 11 is 0. The van der Waals surface area contributed by atoms with Gasteiger partial charge in [0.25, 0.3) is 0 Å². The van der Waals surface area contributed by atoms with E-state index in [0.717, 1.165) is 51.4 Å². The molecule has 0 saturated heterocycles. The fourth-order valence-electron chi connectivity index (χ4n) is 1.91. The van der Waals surface area contributed by atoms with Gasteiger partial charge in [-0.3, -0.25) is 0 Å². The second-order valence-electron chi connectivity index (χ2n) is 5.09. The van der Waals surface area contributed by atoms with Gasteiger partial charge in [-0.15, -0.1) is 0 Å². The van der Waals surface area contributed by atoms with Crippen LogP contribution in [0.15, 0.2) is 0 Å². The molecule has 19 heavy (non-hydrogen) atoms. The number of hydrogen-bond donors (Lipinski definition) is 1. The number of aliphatic hydroxyl groups excluding tert-OH is 1. The van der Waals surface area contributed by atoms with Crippen LogP contribution in [0.3, 0.4) is 0 Å². The van der Waals surface area contributed by atoms with Gasteiger partial charge in [0.1, 0.15) is 0 Å².